The molecule has 0 bridgehead atoms. The maximum absolute atomic E-state index is 12.3. The lowest BCUT2D eigenvalue weighted by molar-refractivity contribution is -0.140. The second-order valence-electron chi connectivity index (χ2n) is 5.64. The van der Waals surface area contributed by atoms with Gasteiger partial charge in [0.1, 0.15) is 0 Å². The standard InChI is InChI=1S/C13H27N3O/c1-5-8-15(4)12(17)13(2,3)11-16-9-6-14-7-10-16/h14H,5-11H2,1-4H3. The molecular weight excluding hydrogens is 214 g/mol. The van der Waals surface area contributed by atoms with E-state index >= 15 is 0 Å². The van der Waals surface area contributed by atoms with E-state index in [0.29, 0.717) is 0 Å². The van der Waals surface area contributed by atoms with Crippen LogP contribution in [0.5, 0.6) is 0 Å². The van der Waals surface area contributed by atoms with Gasteiger partial charge in [-0.2, -0.15) is 0 Å². The highest BCUT2D eigenvalue weighted by Crippen LogP contribution is 2.20. The van der Waals surface area contributed by atoms with Crippen LogP contribution in [0.25, 0.3) is 0 Å². The minimum absolute atomic E-state index is 0.262. The normalized spacial score (nSPS) is 18.1. The van der Waals surface area contributed by atoms with Gasteiger partial charge in [-0.25, -0.2) is 0 Å². The number of nitrogens with zero attached hydrogens (tertiary/aromatic N) is 2. The SMILES string of the molecule is CCCN(C)C(=O)C(C)(C)CN1CCNCC1. The fourth-order valence-electron chi connectivity index (χ4n) is 2.45. The van der Waals surface area contributed by atoms with Crippen LogP contribution in [0, 0.1) is 5.41 Å². The van der Waals surface area contributed by atoms with Gasteiger partial charge in [0.05, 0.1) is 5.41 Å². The molecule has 17 heavy (non-hydrogen) atoms. The fourth-order valence-corrected chi connectivity index (χ4v) is 2.45. The van der Waals surface area contributed by atoms with Crippen molar-refractivity contribution in [2.45, 2.75) is 27.2 Å². The van der Waals surface area contributed by atoms with Crippen molar-refractivity contribution in [3.05, 3.63) is 0 Å². The van der Waals surface area contributed by atoms with E-state index in [1.54, 1.807) is 0 Å². The van der Waals surface area contributed by atoms with E-state index in [-0.39, 0.29) is 11.3 Å². The number of carbonyl (C=O) groups excluding carboxylic acids is 1. The van der Waals surface area contributed by atoms with Crippen molar-refractivity contribution < 1.29 is 4.79 Å². The highest BCUT2D eigenvalue weighted by atomic mass is 16.2. The molecule has 0 saturated carbocycles. The molecule has 1 saturated heterocycles. The molecule has 0 aromatic carbocycles. The summed E-state index contributed by atoms with van der Waals surface area (Å²) in [6, 6.07) is 0. The quantitative estimate of drug-likeness (QED) is 0.773. The lowest BCUT2D eigenvalue weighted by Crippen LogP contribution is -2.51. The van der Waals surface area contributed by atoms with Crippen LogP contribution in [0.15, 0.2) is 0 Å². The number of hydrogen-bond acceptors (Lipinski definition) is 3. The van der Waals surface area contributed by atoms with Gasteiger partial charge in [-0.3, -0.25) is 9.69 Å². The molecule has 0 aromatic heterocycles. The summed E-state index contributed by atoms with van der Waals surface area (Å²) in [6.45, 7) is 12.1. The molecule has 0 spiro atoms. The molecule has 1 aliphatic heterocycles. The number of piperazine rings is 1. The van der Waals surface area contributed by atoms with Crippen LogP contribution >= 0.6 is 0 Å². The average Bonchev–Trinajstić information content (AvgIpc) is 2.29. The van der Waals surface area contributed by atoms with E-state index in [2.05, 4.69) is 31.0 Å². The first kappa shape index (κ1) is 14.5. The molecule has 0 unspecified atom stereocenters. The Kier molecular flexibility index (Phi) is 5.40. The zero-order valence-electron chi connectivity index (χ0n) is 11.8. The second kappa shape index (κ2) is 6.36. The van der Waals surface area contributed by atoms with E-state index in [9.17, 15) is 4.79 Å². The molecule has 4 nitrogen and oxygen atoms in total. The second-order valence-corrected chi connectivity index (χ2v) is 5.64. The summed E-state index contributed by atoms with van der Waals surface area (Å²) in [7, 11) is 1.91. The Morgan fingerprint density at radius 2 is 1.94 bits per heavy atom. The first-order valence-corrected chi connectivity index (χ1v) is 6.66. The summed E-state index contributed by atoms with van der Waals surface area (Å²) in [4.78, 5) is 16.6. The zero-order chi connectivity index (χ0) is 12.9. The van der Waals surface area contributed by atoms with E-state index in [0.717, 1.165) is 45.7 Å². The van der Waals surface area contributed by atoms with Crippen molar-refractivity contribution in [3.8, 4) is 0 Å². The van der Waals surface area contributed by atoms with Crippen molar-refractivity contribution in [3.63, 3.8) is 0 Å². The van der Waals surface area contributed by atoms with Crippen LogP contribution in [0.4, 0.5) is 0 Å². The van der Waals surface area contributed by atoms with E-state index in [4.69, 9.17) is 0 Å². The molecule has 1 rings (SSSR count). The Hall–Kier alpha value is -0.610. The zero-order valence-corrected chi connectivity index (χ0v) is 11.8. The molecule has 0 aliphatic carbocycles. The van der Waals surface area contributed by atoms with Crippen molar-refractivity contribution in [2.75, 3.05) is 46.3 Å². The van der Waals surface area contributed by atoms with Crippen molar-refractivity contribution in [1.82, 2.24) is 15.1 Å². The molecule has 4 heteroatoms. The Bertz CT molecular complexity index is 247. The number of hydrogen-bond donors (Lipinski definition) is 1. The van der Waals surface area contributed by atoms with Crippen LogP contribution in [0.2, 0.25) is 0 Å². The molecule has 1 amide bonds. The number of carbonyl (C=O) groups is 1. The minimum Gasteiger partial charge on any atom is -0.345 e. The van der Waals surface area contributed by atoms with Crippen molar-refractivity contribution >= 4 is 5.91 Å². The third-order valence-corrected chi connectivity index (χ3v) is 3.31. The largest absolute Gasteiger partial charge is 0.345 e. The van der Waals surface area contributed by atoms with Gasteiger partial charge in [0.15, 0.2) is 0 Å². The Balaban J connectivity index is 2.50. The third-order valence-electron chi connectivity index (χ3n) is 3.31. The van der Waals surface area contributed by atoms with Crippen molar-refractivity contribution in [2.24, 2.45) is 5.41 Å². The monoisotopic (exact) mass is 241 g/mol. The molecule has 0 atom stereocenters. The average molecular weight is 241 g/mol. The maximum atomic E-state index is 12.3. The fraction of sp³-hybridized carbons (Fsp3) is 0.923. The van der Waals surface area contributed by atoms with E-state index in [1.807, 2.05) is 11.9 Å². The summed E-state index contributed by atoms with van der Waals surface area (Å²) >= 11 is 0. The molecule has 100 valence electrons. The summed E-state index contributed by atoms with van der Waals surface area (Å²) in [5.41, 5.74) is -0.277. The van der Waals surface area contributed by atoms with Crippen LogP contribution in [-0.4, -0.2) is 62.0 Å². The lowest BCUT2D eigenvalue weighted by atomic mass is 9.90. The number of rotatable bonds is 5. The smallest absolute Gasteiger partial charge is 0.229 e. The number of nitrogens with one attached hydrogen (secondary N) is 1. The molecule has 1 fully saturated rings. The number of amides is 1. The highest BCUT2D eigenvalue weighted by Gasteiger charge is 2.32. The molecular formula is C13H27N3O. The molecule has 1 aliphatic rings. The highest BCUT2D eigenvalue weighted by molar-refractivity contribution is 5.81. The summed E-state index contributed by atoms with van der Waals surface area (Å²) in [5, 5.41) is 3.34. The van der Waals surface area contributed by atoms with Crippen LogP contribution in [0.3, 0.4) is 0 Å². The van der Waals surface area contributed by atoms with E-state index < -0.39 is 0 Å². The van der Waals surface area contributed by atoms with E-state index in [1.165, 1.54) is 0 Å². The summed E-state index contributed by atoms with van der Waals surface area (Å²) in [5.74, 6) is 0.262. The van der Waals surface area contributed by atoms with Crippen LogP contribution < -0.4 is 5.32 Å². The summed E-state index contributed by atoms with van der Waals surface area (Å²) in [6.07, 6.45) is 1.02. The first-order chi connectivity index (χ1) is 7.97. The van der Waals surface area contributed by atoms with Gasteiger partial charge in [0.25, 0.3) is 0 Å². The summed E-state index contributed by atoms with van der Waals surface area (Å²) < 4.78 is 0. The van der Waals surface area contributed by atoms with Gasteiger partial charge >= 0.3 is 0 Å². The maximum Gasteiger partial charge on any atom is 0.229 e. The Labute approximate surface area is 105 Å². The molecule has 1 N–H and O–H groups in total. The van der Waals surface area contributed by atoms with Gasteiger partial charge in [-0.05, 0) is 20.3 Å². The van der Waals surface area contributed by atoms with Crippen LogP contribution in [-0.2, 0) is 4.79 Å². The lowest BCUT2D eigenvalue weighted by Gasteiger charge is -2.36. The first-order valence-electron chi connectivity index (χ1n) is 6.66. The van der Waals surface area contributed by atoms with Gasteiger partial charge in [0.2, 0.25) is 5.91 Å². The van der Waals surface area contributed by atoms with Gasteiger partial charge in [-0.1, -0.05) is 6.92 Å². The molecule has 0 radical (unpaired) electrons. The van der Waals surface area contributed by atoms with Gasteiger partial charge in [-0.15, -0.1) is 0 Å². The molecule has 0 aromatic rings. The topological polar surface area (TPSA) is 35.6 Å². The van der Waals surface area contributed by atoms with Crippen molar-refractivity contribution in [1.29, 1.82) is 0 Å². The predicted molar refractivity (Wildman–Crippen MR) is 71.0 cm³/mol. The molecule has 1 heterocycles. The Morgan fingerprint density at radius 3 is 2.47 bits per heavy atom. The predicted octanol–water partition coefficient (Wildman–Crippen LogP) is 0.786. The van der Waals surface area contributed by atoms with Crippen LogP contribution in [0.1, 0.15) is 27.2 Å². The van der Waals surface area contributed by atoms with Gasteiger partial charge in [0, 0.05) is 46.3 Å². The third kappa shape index (κ3) is 4.28. The minimum atomic E-state index is -0.277. The Morgan fingerprint density at radius 1 is 1.35 bits per heavy atom. The van der Waals surface area contributed by atoms with Gasteiger partial charge < -0.3 is 10.2 Å².